The Morgan fingerprint density at radius 1 is 1.19 bits per heavy atom. The summed E-state index contributed by atoms with van der Waals surface area (Å²) in [6.45, 7) is 5.22. The first kappa shape index (κ1) is 20.2. The van der Waals surface area contributed by atoms with Gasteiger partial charge in [0.25, 0.3) is 0 Å². The minimum absolute atomic E-state index is 0.700. The summed E-state index contributed by atoms with van der Waals surface area (Å²) < 4.78 is 5.04. The molecule has 0 saturated heterocycles. The van der Waals surface area contributed by atoms with Gasteiger partial charge in [-0.15, -0.1) is 11.3 Å². The summed E-state index contributed by atoms with van der Waals surface area (Å²) in [5.74, 6) is 0.805. The summed E-state index contributed by atoms with van der Waals surface area (Å²) in [7, 11) is 3.49. The van der Waals surface area contributed by atoms with E-state index in [1.807, 2.05) is 6.20 Å². The van der Waals surface area contributed by atoms with Gasteiger partial charge in [0.15, 0.2) is 5.96 Å². The molecule has 0 aliphatic carbocycles. The van der Waals surface area contributed by atoms with Gasteiger partial charge in [-0.05, 0) is 24.1 Å². The molecule has 0 aliphatic heterocycles. The molecule has 0 radical (unpaired) electrons. The van der Waals surface area contributed by atoms with Gasteiger partial charge in [0.1, 0.15) is 0 Å². The van der Waals surface area contributed by atoms with E-state index in [1.54, 1.807) is 25.5 Å². The van der Waals surface area contributed by atoms with Gasteiger partial charge in [-0.25, -0.2) is 4.98 Å². The number of thiazole rings is 1. The number of ether oxygens (including phenoxy) is 1. The number of nitrogens with one attached hydrogen (secondary N) is 3. The third-order valence-corrected chi connectivity index (χ3v) is 5.06. The second-order valence-corrected chi connectivity index (χ2v) is 6.99. The average molecular weight is 376 g/mol. The van der Waals surface area contributed by atoms with Crippen LogP contribution in [0.15, 0.2) is 35.5 Å². The molecule has 26 heavy (non-hydrogen) atoms. The van der Waals surface area contributed by atoms with Crippen molar-refractivity contribution in [2.75, 3.05) is 39.2 Å². The van der Waals surface area contributed by atoms with E-state index in [2.05, 4.69) is 57.1 Å². The van der Waals surface area contributed by atoms with Gasteiger partial charge < -0.3 is 20.7 Å². The van der Waals surface area contributed by atoms with Crippen molar-refractivity contribution in [3.8, 4) is 0 Å². The van der Waals surface area contributed by atoms with E-state index in [-0.39, 0.29) is 0 Å². The highest BCUT2D eigenvalue weighted by Gasteiger charge is 2.02. The van der Waals surface area contributed by atoms with E-state index >= 15 is 0 Å². The molecule has 3 N–H and O–H groups in total. The van der Waals surface area contributed by atoms with Crippen LogP contribution < -0.4 is 16.0 Å². The SMILES string of the molecule is CCc1cnc(CCNC(=NC)NCc2ccc(NCCOC)cc2)s1. The molecule has 0 saturated carbocycles. The number of hydrogen-bond acceptors (Lipinski definition) is 5. The normalized spacial score (nSPS) is 11.4. The second-order valence-electron chi connectivity index (χ2n) is 5.79. The van der Waals surface area contributed by atoms with Gasteiger partial charge in [-0.2, -0.15) is 0 Å². The lowest BCUT2D eigenvalue weighted by Crippen LogP contribution is -2.37. The highest BCUT2D eigenvalue weighted by Crippen LogP contribution is 2.13. The van der Waals surface area contributed by atoms with Crippen LogP contribution in [0, 0.1) is 0 Å². The largest absolute Gasteiger partial charge is 0.383 e. The van der Waals surface area contributed by atoms with Crippen molar-refractivity contribution in [2.24, 2.45) is 4.99 Å². The summed E-state index contributed by atoms with van der Waals surface area (Å²) >= 11 is 1.79. The number of benzene rings is 1. The van der Waals surface area contributed by atoms with Gasteiger partial charge in [0.2, 0.25) is 0 Å². The third kappa shape index (κ3) is 7.01. The fourth-order valence-electron chi connectivity index (χ4n) is 2.36. The Bertz CT molecular complexity index is 669. The topological polar surface area (TPSA) is 70.6 Å². The molecule has 0 atom stereocenters. The van der Waals surface area contributed by atoms with Crippen molar-refractivity contribution in [3.05, 3.63) is 45.9 Å². The predicted octanol–water partition coefficient (Wildman–Crippen LogP) is 2.67. The van der Waals surface area contributed by atoms with Crippen molar-refractivity contribution in [3.63, 3.8) is 0 Å². The number of methoxy groups -OCH3 is 1. The lowest BCUT2D eigenvalue weighted by Gasteiger charge is -2.12. The molecule has 142 valence electrons. The van der Waals surface area contributed by atoms with Gasteiger partial charge >= 0.3 is 0 Å². The summed E-state index contributed by atoms with van der Waals surface area (Å²) in [6.07, 6.45) is 3.93. The molecule has 6 nitrogen and oxygen atoms in total. The number of aromatic nitrogens is 1. The van der Waals surface area contributed by atoms with Crippen LogP contribution in [0.3, 0.4) is 0 Å². The molecule has 0 spiro atoms. The Morgan fingerprint density at radius 2 is 2.00 bits per heavy atom. The van der Waals surface area contributed by atoms with Crippen LogP contribution in [0.4, 0.5) is 5.69 Å². The fraction of sp³-hybridized carbons (Fsp3) is 0.474. The molecular formula is C19H29N5OS. The van der Waals surface area contributed by atoms with E-state index < -0.39 is 0 Å². The molecular weight excluding hydrogens is 346 g/mol. The number of hydrogen-bond donors (Lipinski definition) is 3. The Balaban J connectivity index is 1.70. The monoisotopic (exact) mass is 375 g/mol. The van der Waals surface area contributed by atoms with Gasteiger partial charge in [-0.3, -0.25) is 4.99 Å². The maximum Gasteiger partial charge on any atom is 0.191 e. The molecule has 0 fully saturated rings. The smallest absolute Gasteiger partial charge is 0.191 e. The van der Waals surface area contributed by atoms with Crippen LogP contribution in [0.5, 0.6) is 0 Å². The van der Waals surface area contributed by atoms with Crippen molar-refractivity contribution in [1.29, 1.82) is 0 Å². The fourth-order valence-corrected chi connectivity index (χ4v) is 3.22. The predicted molar refractivity (Wildman–Crippen MR) is 110 cm³/mol. The van der Waals surface area contributed by atoms with E-state index in [0.717, 1.165) is 44.1 Å². The minimum Gasteiger partial charge on any atom is -0.383 e. The number of aliphatic imine (C=N–C) groups is 1. The van der Waals surface area contributed by atoms with Crippen LogP contribution in [0.1, 0.15) is 22.4 Å². The quantitative estimate of drug-likeness (QED) is 0.338. The van der Waals surface area contributed by atoms with Gasteiger partial charge in [-0.1, -0.05) is 19.1 Å². The van der Waals surface area contributed by atoms with E-state index in [1.165, 1.54) is 15.4 Å². The molecule has 1 aromatic carbocycles. The van der Waals surface area contributed by atoms with Gasteiger partial charge in [0.05, 0.1) is 11.6 Å². The van der Waals surface area contributed by atoms with Crippen LogP contribution in [-0.2, 0) is 24.1 Å². The highest BCUT2D eigenvalue weighted by molar-refractivity contribution is 7.11. The van der Waals surface area contributed by atoms with Gasteiger partial charge in [0, 0.05) is 57.0 Å². The Hall–Kier alpha value is -2.12. The number of rotatable bonds is 10. The Morgan fingerprint density at radius 3 is 2.65 bits per heavy atom. The summed E-state index contributed by atoms with van der Waals surface area (Å²) in [4.78, 5) is 10.1. The maximum atomic E-state index is 5.04. The minimum atomic E-state index is 0.700. The van der Waals surface area contributed by atoms with Crippen LogP contribution in [0.25, 0.3) is 0 Å². The van der Waals surface area contributed by atoms with Crippen LogP contribution in [-0.4, -0.2) is 44.8 Å². The summed E-state index contributed by atoms with van der Waals surface area (Å²) in [5, 5.41) is 11.2. The van der Waals surface area contributed by atoms with E-state index in [0.29, 0.717) is 6.61 Å². The third-order valence-electron chi connectivity index (χ3n) is 3.85. The van der Waals surface area contributed by atoms with E-state index in [9.17, 15) is 0 Å². The van der Waals surface area contributed by atoms with Crippen molar-refractivity contribution < 1.29 is 4.74 Å². The Kier molecular flexibility index (Phi) is 8.92. The molecule has 1 heterocycles. The van der Waals surface area contributed by atoms with Crippen LogP contribution in [0.2, 0.25) is 0 Å². The first-order valence-corrected chi connectivity index (χ1v) is 9.76. The summed E-state index contributed by atoms with van der Waals surface area (Å²) in [6, 6.07) is 8.38. The number of anilines is 1. The van der Waals surface area contributed by atoms with Crippen LogP contribution >= 0.6 is 11.3 Å². The van der Waals surface area contributed by atoms with E-state index in [4.69, 9.17) is 4.74 Å². The van der Waals surface area contributed by atoms with Crippen molar-refractivity contribution in [2.45, 2.75) is 26.3 Å². The zero-order chi connectivity index (χ0) is 18.6. The molecule has 0 amide bonds. The molecule has 2 aromatic rings. The molecule has 0 bridgehead atoms. The Labute approximate surface area is 160 Å². The molecule has 7 heteroatoms. The lowest BCUT2D eigenvalue weighted by atomic mass is 10.2. The molecule has 0 aliphatic rings. The zero-order valence-corrected chi connectivity index (χ0v) is 16.7. The zero-order valence-electron chi connectivity index (χ0n) is 15.8. The summed E-state index contributed by atoms with van der Waals surface area (Å²) in [5.41, 5.74) is 2.31. The first-order chi connectivity index (χ1) is 12.7. The second kappa shape index (κ2) is 11.5. The lowest BCUT2D eigenvalue weighted by molar-refractivity contribution is 0.211. The number of aryl methyl sites for hydroxylation is 1. The number of nitrogens with zero attached hydrogens (tertiary/aromatic N) is 2. The maximum absolute atomic E-state index is 5.04. The highest BCUT2D eigenvalue weighted by atomic mass is 32.1. The van der Waals surface area contributed by atoms with Crippen molar-refractivity contribution in [1.82, 2.24) is 15.6 Å². The standard InChI is InChI=1S/C19H29N5OS/c1-4-17-14-23-18(26-17)9-10-22-19(20-2)24-13-15-5-7-16(8-6-15)21-11-12-25-3/h5-8,14,21H,4,9-13H2,1-3H3,(H2,20,22,24). The molecule has 1 aromatic heterocycles. The molecule has 2 rings (SSSR count). The number of guanidine groups is 1. The first-order valence-electron chi connectivity index (χ1n) is 8.95. The van der Waals surface area contributed by atoms with Crippen molar-refractivity contribution >= 4 is 23.0 Å². The molecule has 0 unspecified atom stereocenters. The average Bonchev–Trinajstić information content (AvgIpc) is 3.14.